The topological polar surface area (TPSA) is 52.0 Å². The van der Waals surface area contributed by atoms with Gasteiger partial charge >= 0.3 is 0 Å². The first-order chi connectivity index (χ1) is 10.2. The second kappa shape index (κ2) is 7.90. The molecule has 0 spiro atoms. The van der Waals surface area contributed by atoms with Gasteiger partial charge < -0.3 is 10.1 Å². The lowest BCUT2D eigenvalue weighted by Gasteiger charge is -2.19. The van der Waals surface area contributed by atoms with Gasteiger partial charge in [-0.25, -0.2) is 0 Å². The average Bonchev–Trinajstić information content (AvgIpc) is 2.88. The van der Waals surface area contributed by atoms with Crippen molar-refractivity contribution >= 4 is 0 Å². The SMILES string of the molecule is COCCNCC(Cc1cn(C)nn1)c1ccccc1C. The fraction of sp³-hybridized carbons (Fsp3) is 0.500. The van der Waals surface area contributed by atoms with Crippen molar-refractivity contribution in [2.45, 2.75) is 19.3 Å². The van der Waals surface area contributed by atoms with Gasteiger partial charge in [0.1, 0.15) is 0 Å². The molecule has 2 aromatic rings. The summed E-state index contributed by atoms with van der Waals surface area (Å²) < 4.78 is 6.84. The summed E-state index contributed by atoms with van der Waals surface area (Å²) in [7, 11) is 3.62. The van der Waals surface area contributed by atoms with Gasteiger partial charge in [-0.1, -0.05) is 29.5 Å². The van der Waals surface area contributed by atoms with E-state index in [2.05, 4.69) is 46.8 Å². The third-order valence-corrected chi connectivity index (χ3v) is 3.61. The van der Waals surface area contributed by atoms with E-state index in [-0.39, 0.29) is 0 Å². The third-order valence-electron chi connectivity index (χ3n) is 3.61. The number of methoxy groups -OCH3 is 1. The number of aryl methyl sites for hydroxylation is 2. The standard InChI is InChI=1S/C16H24N4O/c1-13-6-4-5-7-16(13)14(11-17-8-9-21-3)10-15-12-20(2)19-18-15/h4-7,12,14,17H,8-11H2,1-3H3. The Hall–Kier alpha value is -1.72. The van der Waals surface area contributed by atoms with E-state index in [0.717, 1.165) is 31.8 Å². The highest BCUT2D eigenvalue weighted by Gasteiger charge is 2.15. The molecule has 0 bridgehead atoms. The Morgan fingerprint density at radius 1 is 1.33 bits per heavy atom. The Kier molecular flexibility index (Phi) is 5.90. The van der Waals surface area contributed by atoms with Gasteiger partial charge in [-0.3, -0.25) is 4.68 Å². The summed E-state index contributed by atoms with van der Waals surface area (Å²) in [5.74, 6) is 0.389. The number of rotatable bonds is 8. The number of ether oxygens (including phenoxy) is 1. The molecular weight excluding hydrogens is 264 g/mol. The van der Waals surface area contributed by atoms with Crippen LogP contribution in [0.3, 0.4) is 0 Å². The summed E-state index contributed by atoms with van der Waals surface area (Å²) in [6.45, 7) is 4.66. The van der Waals surface area contributed by atoms with Crippen LogP contribution in [-0.4, -0.2) is 41.8 Å². The Labute approximate surface area is 126 Å². The number of benzene rings is 1. The minimum absolute atomic E-state index is 0.389. The maximum absolute atomic E-state index is 5.09. The maximum atomic E-state index is 5.09. The van der Waals surface area contributed by atoms with Crippen LogP contribution in [0.4, 0.5) is 0 Å². The molecular formula is C16H24N4O. The van der Waals surface area contributed by atoms with Gasteiger partial charge in [-0.15, -0.1) is 5.10 Å². The molecule has 1 N–H and O–H groups in total. The molecule has 0 saturated carbocycles. The molecule has 1 heterocycles. The molecule has 5 nitrogen and oxygen atoms in total. The second-order valence-electron chi connectivity index (χ2n) is 5.34. The minimum Gasteiger partial charge on any atom is -0.383 e. The van der Waals surface area contributed by atoms with E-state index in [4.69, 9.17) is 4.74 Å². The van der Waals surface area contributed by atoms with E-state index in [0.29, 0.717) is 5.92 Å². The van der Waals surface area contributed by atoms with Gasteiger partial charge in [-0.2, -0.15) is 0 Å². The van der Waals surface area contributed by atoms with Crippen molar-refractivity contribution in [1.82, 2.24) is 20.3 Å². The van der Waals surface area contributed by atoms with Crippen LogP contribution in [-0.2, 0) is 18.2 Å². The van der Waals surface area contributed by atoms with Gasteiger partial charge in [0.2, 0.25) is 0 Å². The van der Waals surface area contributed by atoms with Crippen molar-refractivity contribution in [3.05, 3.63) is 47.3 Å². The smallest absolute Gasteiger partial charge is 0.0833 e. The summed E-state index contributed by atoms with van der Waals surface area (Å²) in [5, 5.41) is 11.7. The van der Waals surface area contributed by atoms with E-state index in [9.17, 15) is 0 Å². The fourth-order valence-corrected chi connectivity index (χ4v) is 2.53. The number of hydrogen-bond donors (Lipinski definition) is 1. The first-order valence-electron chi connectivity index (χ1n) is 7.31. The predicted octanol–water partition coefficient (Wildman–Crippen LogP) is 1.69. The van der Waals surface area contributed by atoms with Gasteiger partial charge in [0.25, 0.3) is 0 Å². The van der Waals surface area contributed by atoms with Crippen LogP contribution in [0.5, 0.6) is 0 Å². The lowest BCUT2D eigenvalue weighted by molar-refractivity contribution is 0.199. The summed E-state index contributed by atoms with van der Waals surface area (Å²) in [6.07, 6.45) is 2.87. The molecule has 21 heavy (non-hydrogen) atoms. The van der Waals surface area contributed by atoms with Crippen LogP contribution >= 0.6 is 0 Å². The Morgan fingerprint density at radius 3 is 2.81 bits per heavy atom. The molecule has 0 aliphatic heterocycles. The van der Waals surface area contributed by atoms with Gasteiger partial charge in [0, 0.05) is 45.8 Å². The summed E-state index contributed by atoms with van der Waals surface area (Å²) in [6, 6.07) is 8.54. The first-order valence-corrected chi connectivity index (χ1v) is 7.31. The van der Waals surface area contributed by atoms with Gasteiger partial charge in [0.05, 0.1) is 12.3 Å². The lowest BCUT2D eigenvalue weighted by Crippen LogP contribution is -2.26. The molecule has 1 atom stereocenters. The van der Waals surface area contributed by atoms with Gasteiger partial charge in [-0.05, 0) is 18.1 Å². The van der Waals surface area contributed by atoms with E-state index in [1.165, 1.54) is 11.1 Å². The molecule has 2 rings (SSSR count). The molecule has 0 aliphatic rings. The molecule has 1 aromatic carbocycles. The molecule has 0 radical (unpaired) electrons. The number of nitrogens with one attached hydrogen (secondary N) is 1. The zero-order chi connectivity index (χ0) is 15.1. The van der Waals surface area contributed by atoms with Crippen LogP contribution in [0.25, 0.3) is 0 Å². The molecule has 0 aliphatic carbocycles. The first kappa shape index (κ1) is 15.7. The Morgan fingerprint density at radius 2 is 2.14 bits per heavy atom. The van der Waals surface area contributed by atoms with Crippen molar-refractivity contribution in [2.24, 2.45) is 7.05 Å². The van der Waals surface area contributed by atoms with E-state index in [1.807, 2.05) is 13.2 Å². The Bertz CT molecular complexity index is 553. The maximum Gasteiger partial charge on any atom is 0.0833 e. The number of hydrogen-bond acceptors (Lipinski definition) is 4. The van der Waals surface area contributed by atoms with Crippen LogP contribution in [0.1, 0.15) is 22.7 Å². The van der Waals surface area contributed by atoms with Crippen LogP contribution < -0.4 is 5.32 Å². The molecule has 0 fully saturated rings. The van der Waals surface area contributed by atoms with Crippen molar-refractivity contribution in [3.63, 3.8) is 0 Å². The normalized spacial score (nSPS) is 12.5. The predicted molar refractivity (Wildman–Crippen MR) is 83.4 cm³/mol. The fourth-order valence-electron chi connectivity index (χ4n) is 2.53. The minimum atomic E-state index is 0.389. The van der Waals surface area contributed by atoms with Crippen LogP contribution in [0, 0.1) is 6.92 Å². The van der Waals surface area contributed by atoms with E-state index < -0.39 is 0 Å². The van der Waals surface area contributed by atoms with Crippen molar-refractivity contribution < 1.29 is 4.74 Å². The second-order valence-corrected chi connectivity index (χ2v) is 5.34. The largest absolute Gasteiger partial charge is 0.383 e. The monoisotopic (exact) mass is 288 g/mol. The molecule has 114 valence electrons. The zero-order valence-corrected chi connectivity index (χ0v) is 13.0. The van der Waals surface area contributed by atoms with Gasteiger partial charge in [0.15, 0.2) is 0 Å². The van der Waals surface area contributed by atoms with E-state index in [1.54, 1.807) is 11.8 Å². The molecule has 0 amide bonds. The van der Waals surface area contributed by atoms with Crippen molar-refractivity contribution in [3.8, 4) is 0 Å². The van der Waals surface area contributed by atoms with E-state index >= 15 is 0 Å². The highest BCUT2D eigenvalue weighted by atomic mass is 16.5. The van der Waals surface area contributed by atoms with Crippen molar-refractivity contribution in [2.75, 3.05) is 26.8 Å². The quantitative estimate of drug-likeness (QED) is 0.751. The Balaban J connectivity index is 2.08. The molecule has 1 aromatic heterocycles. The molecule has 1 unspecified atom stereocenters. The summed E-state index contributed by atoms with van der Waals surface area (Å²) >= 11 is 0. The van der Waals surface area contributed by atoms with Crippen molar-refractivity contribution in [1.29, 1.82) is 0 Å². The van der Waals surface area contributed by atoms with Crippen LogP contribution in [0.15, 0.2) is 30.5 Å². The average molecular weight is 288 g/mol. The third kappa shape index (κ3) is 4.65. The molecule has 5 heteroatoms. The molecule has 0 saturated heterocycles. The highest BCUT2D eigenvalue weighted by Crippen LogP contribution is 2.22. The summed E-state index contributed by atoms with van der Waals surface area (Å²) in [4.78, 5) is 0. The van der Waals surface area contributed by atoms with Crippen LogP contribution in [0.2, 0.25) is 0 Å². The number of nitrogens with zero attached hydrogens (tertiary/aromatic N) is 3. The highest BCUT2D eigenvalue weighted by molar-refractivity contribution is 5.30. The lowest BCUT2D eigenvalue weighted by atomic mass is 9.91. The summed E-state index contributed by atoms with van der Waals surface area (Å²) in [5.41, 5.74) is 3.72. The zero-order valence-electron chi connectivity index (χ0n) is 13.0. The number of aromatic nitrogens is 3.